The molecule has 4 N–H and O–H groups in total. The molecule has 7 nitrogen and oxygen atoms in total. The first kappa shape index (κ1) is 13.5. The smallest absolute Gasteiger partial charge is 0.238 e. The Bertz CT molecular complexity index is 946. The van der Waals surface area contributed by atoms with Crippen molar-refractivity contribution in [3.63, 3.8) is 0 Å². The maximum atomic E-state index is 11.5. The number of benzene rings is 1. The molecule has 2 heterocycles. The van der Waals surface area contributed by atoms with Crippen LogP contribution in [0.5, 0.6) is 0 Å². The van der Waals surface area contributed by atoms with Crippen molar-refractivity contribution in [3.8, 4) is 11.3 Å². The number of sulfonamides is 1. The number of nitrogens with two attached hydrogens (primary N) is 2. The highest BCUT2D eigenvalue weighted by molar-refractivity contribution is 7.89. The van der Waals surface area contributed by atoms with Gasteiger partial charge in [0.2, 0.25) is 10.0 Å². The van der Waals surface area contributed by atoms with Crippen LogP contribution in [-0.4, -0.2) is 22.8 Å². The minimum Gasteiger partial charge on any atom is -0.381 e. The lowest BCUT2D eigenvalue weighted by atomic mass is 10.1. The van der Waals surface area contributed by atoms with Gasteiger partial charge in [-0.3, -0.25) is 4.40 Å². The molecule has 21 heavy (non-hydrogen) atoms. The molecule has 0 amide bonds. The minimum atomic E-state index is -3.76. The average Bonchev–Trinajstić information content (AvgIpc) is 2.83. The maximum absolute atomic E-state index is 11.5. The largest absolute Gasteiger partial charge is 0.381 e. The monoisotopic (exact) mass is 303 g/mol. The summed E-state index contributed by atoms with van der Waals surface area (Å²) in [5.74, 6) is 0.309. The van der Waals surface area contributed by atoms with Gasteiger partial charge in [-0.2, -0.15) is 0 Å². The lowest BCUT2D eigenvalue weighted by molar-refractivity contribution is 0.598. The summed E-state index contributed by atoms with van der Waals surface area (Å²) in [6, 6.07) is 4.72. The van der Waals surface area contributed by atoms with Crippen molar-refractivity contribution in [2.75, 3.05) is 5.73 Å². The molecular weight excluding hydrogens is 290 g/mol. The van der Waals surface area contributed by atoms with Crippen molar-refractivity contribution in [2.24, 2.45) is 5.14 Å². The number of hydrogen-bond acceptors (Lipinski definition) is 5. The first-order valence-electron chi connectivity index (χ1n) is 6.09. The quantitative estimate of drug-likeness (QED) is 0.730. The van der Waals surface area contributed by atoms with Gasteiger partial charge in [0.05, 0.1) is 16.8 Å². The second-order valence-electron chi connectivity index (χ2n) is 4.67. The molecular formula is C13H13N5O2S. The summed E-state index contributed by atoms with van der Waals surface area (Å²) in [5, 5.41) is 5.19. The van der Waals surface area contributed by atoms with E-state index in [1.165, 1.54) is 12.1 Å². The van der Waals surface area contributed by atoms with E-state index in [2.05, 4.69) is 9.97 Å². The molecule has 108 valence electrons. The van der Waals surface area contributed by atoms with Crippen LogP contribution in [0.25, 0.3) is 16.9 Å². The predicted octanol–water partition coefficient (Wildman–Crippen LogP) is 0.934. The summed E-state index contributed by atoms with van der Waals surface area (Å²) < 4.78 is 24.8. The maximum Gasteiger partial charge on any atom is 0.238 e. The second kappa shape index (κ2) is 4.54. The zero-order valence-electron chi connectivity index (χ0n) is 11.2. The van der Waals surface area contributed by atoms with Crippen molar-refractivity contribution in [3.05, 3.63) is 42.4 Å². The van der Waals surface area contributed by atoms with Crippen molar-refractivity contribution in [1.82, 2.24) is 14.4 Å². The van der Waals surface area contributed by atoms with E-state index in [4.69, 9.17) is 10.9 Å². The van der Waals surface area contributed by atoms with Crippen molar-refractivity contribution >= 4 is 21.5 Å². The van der Waals surface area contributed by atoms with Gasteiger partial charge in [-0.05, 0) is 24.6 Å². The number of hydrogen-bond donors (Lipinski definition) is 2. The third-order valence-electron chi connectivity index (χ3n) is 3.27. The Morgan fingerprint density at radius 1 is 1.24 bits per heavy atom. The van der Waals surface area contributed by atoms with Crippen LogP contribution in [0.2, 0.25) is 0 Å². The molecule has 2 aromatic heterocycles. The van der Waals surface area contributed by atoms with E-state index >= 15 is 0 Å². The van der Waals surface area contributed by atoms with Gasteiger partial charge in [0.25, 0.3) is 0 Å². The third kappa shape index (κ3) is 2.24. The van der Waals surface area contributed by atoms with Crippen LogP contribution < -0.4 is 10.9 Å². The SMILES string of the molecule is Cc1ccc(S(N)(=O)=O)cc1-c1cnc2c(N)nccn12. The molecule has 0 aliphatic heterocycles. The first-order chi connectivity index (χ1) is 9.88. The number of aromatic nitrogens is 3. The summed E-state index contributed by atoms with van der Waals surface area (Å²) >= 11 is 0. The summed E-state index contributed by atoms with van der Waals surface area (Å²) in [4.78, 5) is 8.25. The van der Waals surface area contributed by atoms with Crippen molar-refractivity contribution in [2.45, 2.75) is 11.8 Å². The molecule has 0 aliphatic rings. The van der Waals surface area contributed by atoms with Gasteiger partial charge in [-0.15, -0.1) is 0 Å². The Hall–Kier alpha value is -2.45. The molecule has 3 rings (SSSR count). The van der Waals surface area contributed by atoms with E-state index in [0.29, 0.717) is 11.5 Å². The normalized spacial score (nSPS) is 11.9. The Kier molecular flexibility index (Phi) is 2.92. The molecule has 0 saturated heterocycles. The number of nitrogens with zero attached hydrogens (tertiary/aromatic N) is 3. The number of fused-ring (bicyclic) bond motifs is 1. The molecule has 0 saturated carbocycles. The van der Waals surface area contributed by atoms with E-state index in [1.54, 1.807) is 29.1 Å². The lowest BCUT2D eigenvalue weighted by Gasteiger charge is -2.08. The average molecular weight is 303 g/mol. The van der Waals surface area contributed by atoms with E-state index in [9.17, 15) is 8.42 Å². The van der Waals surface area contributed by atoms with Gasteiger partial charge >= 0.3 is 0 Å². The van der Waals surface area contributed by atoms with Gasteiger partial charge in [0.15, 0.2) is 11.5 Å². The summed E-state index contributed by atoms with van der Waals surface area (Å²) in [6.45, 7) is 1.88. The molecule has 0 bridgehead atoms. The molecule has 0 atom stereocenters. The van der Waals surface area contributed by atoms with Crippen LogP contribution >= 0.6 is 0 Å². The predicted molar refractivity (Wildman–Crippen MR) is 78.9 cm³/mol. The van der Waals surface area contributed by atoms with E-state index in [1.807, 2.05) is 6.92 Å². The summed E-state index contributed by atoms with van der Waals surface area (Å²) in [6.07, 6.45) is 4.91. The van der Waals surface area contributed by atoms with Gasteiger partial charge < -0.3 is 5.73 Å². The van der Waals surface area contributed by atoms with Gasteiger partial charge in [-0.25, -0.2) is 23.5 Å². The van der Waals surface area contributed by atoms with Crippen LogP contribution in [0.1, 0.15) is 5.56 Å². The number of anilines is 1. The molecule has 0 unspecified atom stereocenters. The zero-order chi connectivity index (χ0) is 15.2. The van der Waals surface area contributed by atoms with Crippen molar-refractivity contribution < 1.29 is 8.42 Å². The van der Waals surface area contributed by atoms with Crippen LogP contribution in [0.4, 0.5) is 5.82 Å². The zero-order valence-corrected chi connectivity index (χ0v) is 12.0. The van der Waals surface area contributed by atoms with E-state index in [-0.39, 0.29) is 4.90 Å². The molecule has 0 aliphatic carbocycles. The lowest BCUT2D eigenvalue weighted by Crippen LogP contribution is -2.12. The number of primary sulfonamides is 1. The van der Waals surface area contributed by atoms with E-state index in [0.717, 1.165) is 16.8 Å². The highest BCUT2D eigenvalue weighted by Crippen LogP contribution is 2.27. The van der Waals surface area contributed by atoms with Crippen LogP contribution in [0.15, 0.2) is 41.7 Å². The van der Waals surface area contributed by atoms with Crippen LogP contribution in [0.3, 0.4) is 0 Å². The number of nitrogen functional groups attached to an aromatic ring is 1. The fourth-order valence-electron chi connectivity index (χ4n) is 2.19. The summed E-state index contributed by atoms with van der Waals surface area (Å²) in [7, 11) is -3.76. The third-order valence-corrected chi connectivity index (χ3v) is 4.18. The molecule has 1 aromatic carbocycles. The Morgan fingerprint density at radius 3 is 2.71 bits per heavy atom. The molecule has 3 aromatic rings. The van der Waals surface area contributed by atoms with E-state index < -0.39 is 10.0 Å². The van der Waals surface area contributed by atoms with Crippen molar-refractivity contribution in [1.29, 1.82) is 0 Å². The standard InChI is InChI=1S/C13H13N5O2S/c1-8-2-3-9(21(15,19)20)6-10(8)11-7-17-13-12(14)16-4-5-18(11)13/h2-7H,1H3,(H2,14,16)(H2,15,19,20). The molecule has 0 fully saturated rings. The Morgan fingerprint density at radius 2 is 2.00 bits per heavy atom. The fraction of sp³-hybridized carbons (Fsp3) is 0.0769. The minimum absolute atomic E-state index is 0.0556. The number of imidazole rings is 1. The molecule has 0 radical (unpaired) electrons. The molecule has 8 heteroatoms. The number of rotatable bonds is 2. The van der Waals surface area contributed by atoms with Crippen LogP contribution in [0, 0.1) is 6.92 Å². The van der Waals surface area contributed by atoms with Crippen LogP contribution in [-0.2, 0) is 10.0 Å². The first-order valence-corrected chi connectivity index (χ1v) is 7.64. The number of aryl methyl sites for hydroxylation is 1. The van der Waals surface area contributed by atoms with Gasteiger partial charge in [0.1, 0.15) is 0 Å². The van der Waals surface area contributed by atoms with Gasteiger partial charge in [0, 0.05) is 18.0 Å². The second-order valence-corrected chi connectivity index (χ2v) is 6.23. The fourth-order valence-corrected chi connectivity index (χ4v) is 2.73. The van der Waals surface area contributed by atoms with Gasteiger partial charge in [-0.1, -0.05) is 6.07 Å². The Balaban J connectivity index is 2.30. The highest BCUT2D eigenvalue weighted by atomic mass is 32.2. The topological polar surface area (TPSA) is 116 Å². The highest BCUT2D eigenvalue weighted by Gasteiger charge is 2.14. The summed E-state index contributed by atoms with van der Waals surface area (Å²) in [5.41, 5.74) is 8.64. The molecule has 0 spiro atoms. The Labute approximate surface area is 121 Å².